The average molecular weight is 925 g/mol. The van der Waals surface area contributed by atoms with Crippen LogP contribution in [0.2, 0.25) is 33.2 Å². The lowest BCUT2D eigenvalue weighted by Gasteiger charge is -2.47. The molecule has 0 aromatic heterocycles. The monoisotopic (exact) mass is 925 g/mol. The Kier molecular flexibility index (Phi) is 15.9. The van der Waals surface area contributed by atoms with Crippen molar-refractivity contribution in [3.63, 3.8) is 0 Å². The van der Waals surface area contributed by atoms with Gasteiger partial charge in [-0.05, 0) is 153 Å². The van der Waals surface area contributed by atoms with Crippen LogP contribution in [-0.4, -0.2) is 16.1 Å². The van der Waals surface area contributed by atoms with Crippen molar-refractivity contribution in [2.75, 3.05) is 9.80 Å². The summed E-state index contributed by atoms with van der Waals surface area (Å²) in [4.78, 5) is 4.61. The molecular weight excluding hydrogens is 853 g/mol. The smallest absolute Gasteiger partial charge is 0.0959 e. The molecule has 0 spiro atoms. The van der Waals surface area contributed by atoms with E-state index in [1.165, 1.54) is 21.5 Å². The van der Waals surface area contributed by atoms with E-state index in [4.69, 9.17) is 0 Å². The fourth-order valence-corrected chi connectivity index (χ4v) is 26.0. The van der Waals surface area contributed by atoms with Gasteiger partial charge in [0.25, 0.3) is 0 Å². The first-order chi connectivity index (χ1) is 32.7. The largest absolute Gasteiger partial charge is 0.311 e. The lowest BCUT2D eigenvalue weighted by Crippen LogP contribution is -2.60. The minimum atomic E-state index is -2.24. The van der Waals surface area contributed by atoms with Crippen molar-refractivity contribution in [2.24, 2.45) is 0 Å². The number of anilines is 6. The van der Waals surface area contributed by atoms with Crippen molar-refractivity contribution >= 4 is 60.6 Å². The predicted octanol–water partition coefficient (Wildman–Crippen LogP) is 17.2. The van der Waals surface area contributed by atoms with Crippen LogP contribution in [0.4, 0.5) is 34.1 Å². The molecule has 0 amide bonds. The summed E-state index contributed by atoms with van der Waals surface area (Å²) in [6.45, 7) is 29.6. The van der Waals surface area contributed by atoms with Crippen molar-refractivity contribution in [3.05, 3.63) is 204 Å². The van der Waals surface area contributed by atoms with Gasteiger partial charge in [-0.1, -0.05) is 180 Å². The number of benzene rings is 7. The molecule has 0 fully saturated rings. The van der Waals surface area contributed by atoms with Crippen LogP contribution in [-0.2, 0) is 0 Å². The van der Waals surface area contributed by atoms with Crippen LogP contribution >= 0.6 is 0 Å². The zero-order valence-corrected chi connectivity index (χ0v) is 44.7. The SMILES string of the molecule is CC(C)[Si](c1cc(C#Cc2ccc(N(c3ccccc3)c3ccccc3)cc2)c([Si](C(C)C)(C(C)C)C(C)C)cc1C#Cc1ccc(N(c2ccccc2)c2ccccc2)cc1)(C(C)C)C(C)C. The zero-order valence-electron chi connectivity index (χ0n) is 42.7. The van der Waals surface area contributed by atoms with Crippen LogP contribution in [0, 0.1) is 23.7 Å². The first-order valence-electron chi connectivity index (χ1n) is 24.9. The zero-order chi connectivity index (χ0) is 48.6. The average Bonchev–Trinajstić information content (AvgIpc) is 3.33. The maximum absolute atomic E-state index is 3.93. The number of nitrogens with zero attached hydrogens (tertiary/aromatic N) is 2. The van der Waals surface area contributed by atoms with E-state index in [1.807, 2.05) is 0 Å². The van der Waals surface area contributed by atoms with E-state index in [0.717, 1.165) is 45.3 Å². The summed E-state index contributed by atoms with van der Waals surface area (Å²) < 4.78 is 0. The highest BCUT2D eigenvalue weighted by Gasteiger charge is 2.49. The second-order valence-electron chi connectivity index (χ2n) is 20.3. The number of hydrogen-bond donors (Lipinski definition) is 0. The second kappa shape index (κ2) is 21.8. The van der Waals surface area contributed by atoms with Crippen molar-refractivity contribution in [3.8, 4) is 23.7 Å². The maximum atomic E-state index is 3.93. The Bertz CT molecular complexity index is 2520. The summed E-state index contributed by atoms with van der Waals surface area (Å²) in [7, 11) is -4.48. The van der Waals surface area contributed by atoms with Gasteiger partial charge in [0.05, 0.1) is 16.1 Å². The van der Waals surface area contributed by atoms with Gasteiger partial charge in [0.1, 0.15) is 0 Å². The van der Waals surface area contributed by atoms with E-state index in [-0.39, 0.29) is 0 Å². The van der Waals surface area contributed by atoms with E-state index in [9.17, 15) is 0 Å². The Labute approximate surface area is 412 Å². The molecule has 2 nitrogen and oxygen atoms in total. The van der Waals surface area contributed by atoms with Gasteiger partial charge < -0.3 is 9.80 Å². The lowest BCUT2D eigenvalue weighted by molar-refractivity contribution is 0.832. The second-order valence-corrected chi connectivity index (χ2v) is 32.1. The summed E-state index contributed by atoms with van der Waals surface area (Å²) >= 11 is 0. The third kappa shape index (κ3) is 9.96. The van der Waals surface area contributed by atoms with Gasteiger partial charge in [-0.3, -0.25) is 0 Å². The van der Waals surface area contributed by atoms with Gasteiger partial charge in [-0.15, -0.1) is 0 Å². The highest BCUT2D eigenvalue weighted by atomic mass is 28.3. The summed E-state index contributed by atoms with van der Waals surface area (Å²) in [6, 6.07) is 65.2. The van der Waals surface area contributed by atoms with Crippen LogP contribution in [0.15, 0.2) is 182 Å². The van der Waals surface area contributed by atoms with E-state index in [1.54, 1.807) is 0 Å². The molecule has 0 aliphatic carbocycles. The molecule has 0 aliphatic rings. The van der Waals surface area contributed by atoms with E-state index < -0.39 is 16.1 Å². The molecule has 0 heterocycles. The van der Waals surface area contributed by atoms with Crippen molar-refractivity contribution in [1.82, 2.24) is 0 Å². The van der Waals surface area contributed by atoms with E-state index in [0.29, 0.717) is 33.2 Å². The standard InChI is InChI=1S/C64H72N2Si2/c1-47(2)67(48(3)4,49(5)6)63-45-56(40-34-54-37-43-62(44-38-54)66(59-29-21-15-22-30-59)60-31-23-16-24-32-60)64(68(50(7)8,51(9)10)52(11)12)46-55(63)39-33-53-35-41-61(42-36-53)65(57-25-17-13-18-26-57)58-27-19-14-20-28-58/h13-32,35-38,41-52H,1-12H3. The molecule has 0 unspecified atom stereocenters. The Morgan fingerprint density at radius 3 is 0.721 bits per heavy atom. The molecule has 0 saturated heterocycles. The van der Waals surface area contributed by atoms with Gasteiger partial charge in [-0.25, -0.2) is 0 Å². The third-order valence-electron chi connectivity index (χ3n) is 14.8. The molecule has 7 rings (SSSR count). The predicted molar refractivity (Wildman–Crippen MR) is 302 cm³/mol. The number of rotatable bonds is 14. The molecule has 0 aliphatic heterocycles. The van der Waals surface area contributed by atoms with Crippen LogP contribution < -0.4 is 20.2 Å². The van der Waals surface area contributed by atoms with Crippen LogP contribution in [0.3, 0.4) is 0 Å². The fraction of sp³-hybridized carbons (Fsp3) is 0.281. The van der Waals surface area contributed by atoms with Gasteiger partial charge in [0, 0.05) is 56.4 Å². The normalized spacial score (nSPS) is 11.8. The molecule has 0 bridgehead atoms. The molecule has 7 aromatic carbocycles. The molecule has 0 radical (unpaired) electrons. The van der Waals surface area contributed by atoms with Crippen molar-refractivity contribution < 1.29 is 0 Å². The Morgan fingerprint density at radius 1 is 0.279 bits per heavy atom. The molecule has 0 N–H and O–H groups in total. The molecule has 0 atom stereocenters. The summed E-state index contributed by atoms with van der Waals surface area (Å²) in [6.07, 6.45) is 0. The van der Waals surface area contributed by atoms with E-state index in [2.05, 4.69) is 299 Å². The highest BCUT2D eigenvalue weighted by molar-refractivity contribution is 6.97. The van der Waals surface area contributed by atoms with Gasteiger partial charge in [0.2, 0.25) is 0 Å². The fourth-order valence-electron chi connectivity index (χ4n) is 12.3. The molecule has 7 aromatic rings. The summed E-state index contributed by atoms with van der Waals surface area (Å²) in [5, 5.41) is 2.93. The minimum absolute atomic E-state index is 0.503. The lowest BCUT2D eigenvalue weighted by atomic mass is 10.1. The summed E-state index contributed by atoms with van der Waals surface area (Å²) in [5.41, 5.74) is 14.2. The molecule has 4 heteroatoms. The molecular formula is C64H72N2Si2. The molecule has 68 heavy (non-hydrogen) atoms. The van der Waals surface area contributed by atoms with Crippen LogP contribution in [0.5, 0.6) is 0 Å². The topological polar surface area (TPSA) is 6.48 Å². The highest BCUT2D eigenvalue weighted by Crippen LogP contribution is 2.45. The third-order valence-corrected chi connectivity index (χ3v) is 29.0. The molecule has 346 valence electrons. The van der Waals surface area contributed by atoms with Gasteiger partial charge in [0.15, 0.2) is 0 Å². The minimum Gasteiger partial charge on any atom is -0.311 e. The first kappa shape index (κ1) is 49.6. The Hall–Kier alpha value is -6.31. The van der Waals surface area contributed by atoms with Crippen molar-refractivity contribution in [2.45, 2.75) is 116 Å². The Morgan fingerprint density at radius 2 is 0.500 bits per heavy atom. The van der Waals surface area contributed by atoms with E-state index >= 15 is 0 Å². The van der Waals surface area contributed by atoms with Crippen molar-refractivity contribution in [1.29, 1.82) is 0 Å². The Balaban J connectivity index is 1.40. The van der Waals surface area contributed by atoms with Gasteiger partial charge >= 0.3 is 0 Å². The van der Waals surface area contributed by atoms with Gasteiger partial charge in [-0.2, -0.15) is 0 Å². The van der Waals surface area contributed by atoms with Crippen LogP contribution in [0.25, 0.3) is 0 Å². The first-order valence-corrected chi connectivity index (χ1v) is 29.4. The summed E-state index contributed by atoms with van der Waals surface area (Å²) in [5.74, 6) is 15.3. The number of para-hydroxylation sites is 4. The molecule has 0 saturated carbocycles. The quantitative estimate of drug-likeness (QED) is 0.0792. The van der Waals surface area contributed by atoms with Crippen LogP contribution in [0.1, 0.15) is 105 Å². The number of hydrogen-bond acceptors (Lipinski definition) is 2. The maximum Gasteiger partial charge on any atom is 0.0959 e.